The van der Waals surface area contributed by atoms with Crippen LogP contribution in [0.4, 0.5) is 0 Å². The van der Waals surface area contributed by atoms with Gasteiger partial charge >= 0.3 is 8.16 Å². The largest absolute Gasteiger partial charge is 0.407 e. The van der Waals surface area contributed by atoms with Gasteiger partial charge in [-0.2, -0.15) is 0 Å². The Bertz CT molecular complexity index is 1250. The number of unbranched alkanes of at least 4 members (excludes halogenated alkanes) is 2. The molecule has 0 bridgehead atoms. The predicted molar refractivity (Wildman–Crippen MR) is 179 cm³/mol. The van der Waals surface area contributed by atoms with Crippen LogP contribution in [-0.2, 0) is 21.7 Å². The molecule has 3 rings (SSSR count). The van der Waals surface area contributed by atoms with E-state index in [1.54, 1.807) is 0 Å². The molecule has 0 fully saturated rings. The number of fused-ring (bicyclic) bond motifs is 3. The number of nitrogens with zero attached hydrogens (tertiary/aromatic N) is 1. The van der Waals surface area contributed by atoms with Gasteiger partial charge in [0.25, 0.3) is 0 Å². The first-order valence-corrected chi connectivity index (χ1v) is 16.7. The van der Waals surface area contributed by atoms with E-state index in [2.05, 4.69) is 126 Å². The zero-order valence-electron chi connectivity index (χ0n) is 28.3. The Morgan fingerprint density at radius 2 is 0.900 bits per heavy atom. The van der Waals surface area contributed by atoms with E-state index in [0.29, 0.717) is 0 Å². The van der Waals surface area contributed by atoms with E-state index in [9.17, 15) is 0 Å². The van der Waals surface area contributed by atoms with Crippen LogP contribution in [0.25, 0.3) is 21.9 Å². The number of rotatable bonds is 7. The van der Waals surface area contributed by atoms with Gasteiger partial charge < -0.3 is 8.39 Å². The molecule has 224 valence electrons. The molecular weight excluding hydrogens is 509 g/mol. The van der Waals surface area contributed by atoms with E-state index in [1.165, 1.54) is 33.0 Å². The SMILES string of the molecule is CCCCN(CCCC)p1oc2c(C(C)(C)C)cc(C(C)(C)C)cc2c2cc(C(C)(C)C)cc(C(C)(C)C)c2o1. The van der Waals surface area contributed by atoms with Crippen LogP contribution < -0.4 is 4.67 Å². The lowest BCUT2D eigenvalue weighted by molar-refractivity contribution is 0.550. The molecule has 2 aromatic carbocycles. The fourth-order valence-electron chi connectivity index (χ4n) is 5.08. The van der Waals surface area contributed by atoms with Crippen LogP contribution in [0.3, 0.4) is 0 Å². The lowest BCUT2D eigenvalue weighted by Crippen LogP contribution is -2.22. The topological polar surface area (TPSA) is 29.5 Å². The number of hydrogen-bond acceptors (Lipinski definition) is 3. The van der Waals surface area contributed by atoms with Crippen LogP contribution >= 0.6 is 8.16 Å². The average molecular weight is 568 g/mol. The van der Waals surface area contributed by atoms with E-state index in [4.69, 9.17) is 8.39 Å². The van der Waals surface area contributed by atoms with Crippen LogP contribution in [0.15, 0.2) is 32.7 Å². The first kappa shape index (κ1) is 32.8. The standard InChI is InChI=1S/C36H58NO2P/c1-15-17-19-37(20-18-16-2)40-38-31-27(21-25(33(3,4)5)23-29(31)35(9,10)11)28-22-26(34(6,7)8)24-30(32(28)39-40)36(12,13)14/h21-24H,15-20H2,1-14H3. The molecule has 0 aliphatic carbocycles. The highest BCUT2D eigenvalue weighted by Gasteiger charge is 2.29. The van der Waals surface area contributed by atoms with Crippen LogP contribution in [0.5, 0.6) is 0 Å². The Hall–Kier alpha value is -1.70. The first-order valence-electron chi connectivity index (χ1n) is 15.6. The van der Waals surface area contributed by atoms with E-state index >= 15 is 0 Å². The maximum absolute atomic E-state index is 7.18. The van der Waals surface area contributed by atoms with Crippen LogP contribution in [0, 0.1) is 0 Å². The average Bonchev–Trinajstić information content (AvgIpc) is 2.97. The molecule has 0 aliphatic rings. The Kier molecular flexibility index (Phi) is 9.75. The number of hydrogen-bond donors (Lipinski definition) is 0. The first-order chi connectivity index (χ1) is 18.3. The molecular formula is C36H58NO2P. The molecule has 0 radical (unpaired) electrons. The van der Waals surface area contributed by atoms with Crippen LogP contribution in [0.2, 0.25) is 0 Å². The molecule has 0 N–H and O–H groups in total. The van der Waals surface area contributed by atoms with Crippen molar-refractivity contribution in [3.05, 3.63) is 46.5 Å². The van der Waals surface area contributed by atoms with Gasteiger partial charge in [-0.25, -0.2) is 4.67 Å². The summed E-state index contributed by atoms with van der Waals surface area (Å²) in [5.74, 6) is 0. The molecule has 3 nitrogen and oxygen atoms in total. The molecule has 4 heteroatoms. The maximum Gasteiger partial charge on any atom is 0.309 e. The molecule has 1 aromatic heterocycles. The van der Waals surface area contributed by atoms with Gasteiger partial charge in [0.05, 0.1) is 0 Å². The summed E-state index contributed by atoms with van der Waals surface area (Å²) in [6.07, 6.45) is 4.59. The quantitative estimate of drug-likeness (QED) is 0.284. The Morgan fingerprint density at radius 1 is 0.550 bits per heavy atom. The molecule has 0 saturated carbocycles. The highest BCUT2D eigenvalue weighted by atomic mass is 31.1. The molecule has 0 spiro atoms. The molecule has 0 aliphatic heterocycles. The third-order valence-electron chi connectivity index (χ3n) is 7.93. The lowest BCUT2D eigenvalue weighted by atomic mass is 9.77. The molecule has 40 heavy (non-hydrogen) atoms. The summed E-state index contributed by atoms with van der Waals surface area (Å²) in [5, 5.41) is 2.36. The fraction of sp³-hybridized carbons (Fsp3) is 0.667. The minimum Gasteiger partial charge on any atom is -0.407 e. The van der Waals surface area contributed by atoms with Gasteiger partial charge in [0.2, 0.25) is 0 Å². The van der Waals surface area contributed by atoms with E-state index in [-0.39, 0.29) is 21.7 Å². The second kappa shape index (κ2) is 11.9. The van der Waals surface area contributed by atoms with E-state index < -0.39 is 8.16 Å². The summed E-state index contributed by atoms with van der Waals surface area (Å²) in [5.41, 5.74) is 7.08. The molecule has 3 aromatic rings. The van der Waals surface area contributed by atoms with Crippen molar-refractivity contribution in [1.82, 2.24) is 0 Å². The highest BCUT2D eigenvalue weighted by Crippen LogP contribution is 2.46. The van der Waals surface area contributed by atoms with Crippen molar-refractivity contribution >= 4 is 30.1 Å². The third-order valence-corrected chi connectivity index (χ3v) is 9.46. The second-order valence-corrected chi connectivity index (χ2v) is 17.3. The summed E-state index contributed by atoms with van der Waals surface area (Å²) >= 11 is 0. The molecule has 1 heterocycles. The second-order valence-electron chi connectivity index (χ2n) is 15.9. The summed E-state index contributed by atoms with van der Waals surface area (Å²) in [7, 11) is -1.33. The number of benzene rings is 2. The Balaban J connectivity index is 2.71. The molecule has 0 atom stereocenters. The molecule has 0 amide bonds. The van der Waals surface area contributed by atoms with Crippen LogP contribution in [0.1, 0.15) is 145 Å². The van der Waals surface area contributed by atoms with Gasteiger partial charge in [-0.15, -0.1) is 0 Å². The van der Waals surface area contributed by atoms with Gasteiger partial charge in [-0.1, -0.05) is 122 Å². The van der Waals surface area contributed by atoms with Gasteiger partial charge in [0.15, 0.2) is 0 Å². The van der Waals surface area contributed by atoms with Crippen molar-refractivity contribution < 1.29 is 8.39 Å². The zero-order chi connectivity index (χ0) is 30.3. The van der Waals surface area contributed by atoms with E-state index in [0.717, 1.165) is 49.9 Å². The smallest absolute Gasteiger partial charge is 0.309 e. The summed E-state index contributed by atoms with van der Waals surface area (Å²) in [6, 6.07) is 9.59. The van der Waals surface area contributed by atoms with Crippen LogP contribution in [-0.4, -0.2) is 13.1 Å². The highest BCUT2D eigenvalue weighted by molar-refractivity contribution is 7.38. The van der Waals surface area contributed by atoms with Crippen molar-refractivity contribution in [1.29, 1.82) is 0 Å². The summed E-state index contributed by atoms with van der Waals surface area (Å²) in [6.45, 7) is 34.2. The molecule has 0 unspecified atom stereocenters. The third kappa shape index (κ3) is 7.38. The normalized spacial score (nSPS) is 13.6. The van der Waals surface area contributed by atoms with Crippen molar-refractivity contribution in [2.45, 2.75) is 144 Å². The van der Waals surface area contributed by atoms with E-state index in [1.807, 2.05) is 0 Å². The summed E-state index contributed by atoms with van der Waals surface area (Å²) in [4.78, 5) is 0. The molecule has 0 saturated heterocycles. The minimum atomic E-state index is -1.33. The fourth-order valence-corrected chi connectivity index (χ4v) is 6.66. The zero-order valence-corrected chi connectivity index (χ0v) is 29.2. The van der Waals surface area contributed by atoms with Crippen molar-refractivity contribution in [2.75, 3.05) is 17.8 Å². The van der Waals surface area contributed by atoms with Gasteiger partial charge in [-0.3, -0.25) is 0 Å². The maximum atomic E-state index is 7.18. The lowest BCUT2D eigenvalue weighted by Gasteiger charge is -2.27. The van der Waals surface area contributed by atoms with Crippen molar-refractivity contribution in [2.24, 2.45) is 0 Å². The predicted octanol–water partition coefficient (Wildman–Crippen LogP) is 12.0. The van der Waals surface area contributed by atoms with Gasteiger partial charge in [0, 0.05) is 35.0 Å². The summed E-state index contributed by atoms with van der Waals surface area (Å²) < 4.78 is 16.9. The van der Waals surface area contributed by atoms with Gasteiger partial charge in [-0.05, 0) is 57.8 Å². The Morgan fingerprint density at radius 3 is 1.18 bits per heavy atom. The van der Waals surface area contributed by atoms with Gasteiger partial charge in [0.1, 0.15) is 11.2 Å². The monoisotopic (exact) mass is 567 g/mol. The minimum absolute atomic E-state index is 0.00979. The Labute approximate surface area is 246 Å². The van der Waals surface area contributed by atoms with Crippen molar-refractivity contribution in [3.8, 4) is 0 Å². The van der Waals surface area contributed by atoms with Crippen molar-refractivity contribution in [3.63, 3.8) is 0 Å².